The van der Waals surface area contributed by atoms with Crippen LogP contribution in [-0.4, -0.2) is 69.7 Å². The molecule has 3 atom stereocenters. The summed E-state index contributed by atoms with van der Waals surface area (Å²) in [5.74, 6) is -0.969. The number of imidazole rings is 1. The van der Waals surface area contributed by atoms with E-state index in [0.717, 1.165) is 46.2 Å². The third-order valence-corrected chi connectivity index (χ3v) is 10.8. The van der Waals surface area contributed by atoms with Crippen molar-refractivity contribution < 1.29 is 24.0 Å². The van der Waals surface area contributed by atoms with Gasteiger partial charge in [-0.3, -0.25) is 24.0 Å². The van der Waals surface area contributed by atoms with E-state index < -0.39 is 23.9 Å². The number of carbonyl (C=O) groups excluding carboxylic acids is 5. The summed E-state index contributed by atoms with van der Waals surface area (Å²) in [7, 11) is 0. The third-order valence-electron chi connectivity index (χ3n) is 10.2. The molecular weight excluding hydrogens is 791 g/mol. The van der Waals surface area contributed by atoms with Gasteiger partial charge in [0.25, 0.3) is 5.91 Å². The SMILES string of the molecule is CC[C@H](C)[C@H](NC(=O)CCCCCCNC(=O)[C@H](CC(C)C)NC(=O)CNC(=O)c1cc(Cl)ccc1Cl)C(=O)Nc1ccc2nc(Cc3c[nH]c4ccccc34)[nH]c2c1. The first-order valence-corrected chi connectivity index (χ1v) is 21.0. The van der Waals surface area contributed by atoms with Crippen LogP contribution in [0, 0.1) is 11.8 Å². The fourth-order valence-electron chi connectivity index (χ4n) is 6.82. The molecule has 0 aliphatic rings. The monoisotopic (exact) mass is 844 g/mol. The van der Waals surface area contributed by atoms with Crippen molar-refractivity contribution >= 4 is 80.4 Å². The molecule has 0 saturated heterocycles. The van der Waals surface area contributed by atoms with E-state index in [1.54, 1.807) is 6.07 Å². The smallest absolute Gasteiger partial charge is 0.253 e. The van der Waals surface area contributed by atoms with Crippen molar-refractivity contribution in [3.8, 4) is 0 Å². The lowest BCUT2D eigenvalue weighted by atomic mass is 9.97. The first-order valence-electron chi connectivity index (χ1n) is 20.2. The minimum Gasteiger partial charge on any atom is -0.361 e. The van der Waals surface area contributed by atoms with Crippen LogP contribution >= 0.6 is 23.2 Å². The third kappa shape index (κ3) is 13.0. The molecule has 0 aliphatic heterocycles. The summed E-state index contributed by atoms with van der Waals surface area (Å²) in [6.45, 7) is 7.91. The molecule has 314 valence electrons. The topological polar surface area (TPSA) is 190 Å². The van der Waals surface area contributed by atoms with Gasteiger partial charge < -0.3 is 36.6 Å². The van der Waals surface area contributed by atoms with Crippen molar-refractivity contribution in [2.45, 2.75) is 91.1 Å². The lowest BCUT2D eigenvalue weighted by molar-refractivity contribution is -0.128. The Hall–Kier alpha value is -5.40. The van der Waals surface area contributed by atoms with Gasteiger partial charge in [0.15, 0.2) is 0 Å². The molecule has 13 nitrogen and oxygen atoms in total. The molecular formula is C44H54Cl2N8O5. The Bertz CT molecular complexity index is 2250. The van der Waals surface area contributed by atoms with E-state index in [2.05, 4.69) is 42.6 Å². The number of hydrogen-bond acceptors (Lipinski definition) is 6. The summed E-state index contributed by atoms with van der Waals surface area (Å²) in [5.41, 5.74) is 4.59. The molecule has 2 aromatic heterocycles. The highest BCUT2D eigenvalue weighted by atomic mass is 35.5. The second kappa shape index (κ2) is 21.6. The molecule has 15 heteroatoms. The van der Waals surface area contributed by atoms with E-state index >= 15 is 0 Å². The minimum absolute atomic E-state index is 0.0858. The maximum Gasteiger partial charge on any atom is 0.253 e. The molecule has 0 radical (unpaired) electrons. The second-order valence-corrected chi connectivity index (χ2v) is 16.2. The number of nitrogens with zero attached hydrogens (tertiary/aromatic N) is 1. The summed E-state index contributed by atoms with van der Waals surface area (Å²) in [6.07, 6.45) is 6.89. The van der Waals surface area contributed by atoms with Crippen molar-refractivity contribution in [3.05, 3.63) is 93.9 Å². The van der Waals surface area contributed by atoms with Gasteiger partial charge in [0.05, 0.1) is 28.2 Å². The molecule has 5 rings (SSSR count). The first-order chi connectivity index (χ1) is 28.3. The molecule has 3 aromatic carbocycles. The molecule has 2 heterocycles. The van der Waals surface area contributed by atoms with E-state index in [1.807, 2.05) is 70.3 Å². The number of benzene rings is 3. The fourth-order valence-corrected chi connectivity index (χ4v) is 7.20. The Morgan fingerprint density at radius 2 is 1.59 bits per heavy atom. The molecule has 59 heavy (non-hydrogen) atoms. The number of fused-ring (bicyclic) bond motifs is 2. The van der Waals surface area contributed by atoms with Crippen molar-refractivity contribution in [1.29, 1.82) is 0 Å². The van der Waals surface area contributed by atoms with Gasteiger partial charge in [0.2, 0.25) is 23.6 Å². The number of H-pyrrole nitrogens is 2. The Kier molecular flexibility index (Phi) is 16.3. The first kappa shape index (κ1) is 44.7. The van der Waals surface area contributed by atoms with Gasteiger partial charge in [-0.15, -0.1) is 0 Å². The number of hydrogen-bond donors (Lipinski definition) is 7. The van der Waals surface area contributed by atoms with Crippen LogP contribution in [0.2, 0.25) is 10.0 Å². The van der Waals surface area contributed by atoms with E-state index in [-0.39, 0.29) is 53.1 Å². The summed E-state index contributed by atoms with van der Waals surface area (Å²) in [6, 6.07) is 16.7. The van der Waals surface area contributed by atoms with Gasteiger partial charge in [-0.05, 0) is 79.1 Å². The zero-order valence-corrected chi connectivity index (χ0v) is 35.5. The number of nitrogens with one attached hydrogen (secondary N) is 7. The average molecular weight is 846 g/mol. The Labute approximate surface area is 354 Å². The number of unbranched alkanes of at least 4 members (excludes halogenated alkanes) is 3. The molecule has 7 N–H and O–H groups in total. The number of amides is 5. The normalized spacial score (nSPS) is 12.9. The van der Waals surface area contributed by atoms with E-state index in [9.17, 15) is 24.0 Å². The molecule has 5 amide bonds. The predicted octanol–water partition coefficient (Wildman–Crippen LogP) is 7.44. The molecule has 0 aliphatic carbocycles. The highest BCUT2D eigenvalue weighted by Crippen LogP contribution is 2.24. The summed E-state index contributed by atoms with van der Waals surface area (Å²) >= 11 is 12.1. The number of para-hydroxylation sites is 1. The summed E-state index contributed by atoms with van der Waals surface area (Å²) in [4.78, 5) is 76.1. The Balaban J connectivity index is 1.01. The summed E-state index contributed by atoms with van der Waals surface area (Å²) in [5, 5.41) is 15.8. The van der Waals surface area contributed by atoms with E-state index in [0.29, 0.717) is 49.4 Å². The van der Waals surface area contributed by atoms with Crippen LogP contribution in [0.3, 0.4) is 0 Å². The van der Waals surface area contributed by atoms with Crippen LogP contribution in [0.15, 0.2) is 66.9 Å². The van der Waals surface area contributed by atoms with Gasteiger partial charge in [-0.2, -0.15) is 0 Å². The summed E-state index contributed by atoms with van der Waals surface area (Å²) < 4.78 is 0. The molecule has 0 fully saturated rings. The number of halogens is 2. The highest BCUT2D eigenvalue weighted by molar-refractivity contribution is 6.35. The second-order valence-electron chi connectivity index (χ2n) is 15.4. The lowest BCUT2D eigenvalue weighted by Gasteiger charge is -2.23. The molecule has 0 unspecified atom stereocenters. The highest BCUT2D eigenvalue weighted by Gasteiger charge is 2.26. The predicted molar refractivity (Wildman–Crippen MR) is 233 cm³/mol. The average Bonchev–Trinajstić information content (AvgIpc) is 3.81. The van der Waals surface area contributed by atoms with Crippen molar-refractivity contribution in [2.75, 3.05) is 18.4 Å². The number of anilines is 1. The molecule has 0 saturated carbocycles. The quantitative estimate of drug-likeness (QED) is 0.0376. The van der Waals surface area contributed by atoms with Crippen molar-refractivity contribution in [3.63, 3.8) is 0 Å². The van der Waals surface area contributed by atoms with Crippen molar-refractivity contribution in [2.24, 2.45) is 11.8 Å². The fraction of sp³-hybridized carbons (Fsp3) is 0.409. The zero-order chi connectivity index (χ0) is 42.5. The van der Waals surface area contributed by atoms with Gasteiger partial charge in [0.1, 0.15) is 17.9 Å². The maximum absolute atomic E-state index is 13.5. The van der Waals surface area contributed by atoms with Crippen LogP contribution < -0.4 is 26.6 Å². The Morgan fingerprint density at radius 1 is 0.814 bits per heavy atom. The maximum atomic E-state index is 13.5. The van der Waals surface area contributed by atoms with Gasteiger partial charge >= 0.3 is 0 Å². The Morgan fingerprint density at radius 3 is 2.37 bits per heavy atom. The molecule has 5 aromatic rings. The molecule has 0 bridgehead atoms. The lowest BCUT2D eigenvalue weighted by Crippen LogP contribution is -2.50. The van der Waals surface area contributed by atoms with E-state index in [1.165, 1.54) is 12.1 Å². The zero-order valence-electron chi connectivity index (χ0n) is 34.0. The van der Waals surface area contributed by atoms with E-state index in [4.69, 9.17) is 28.2 Å². The van der Waals surface area contributed by atoms with Gasteiger partial charge in [-0.1, -0.05) is 88.4 Å². The largest absolute Gasteiger partial charge is 0.361 e. The van der Waals surface area contributed by atoms with Crippen LogP contribution in [0.1, 0.15) is 94.4 Å². The van der Waals surface area contributed by atoms with Crippen molar-refractivity contribution in [1.82, 2.24) is 36.2 Å². The number of rotatable bonds is 21. The minimum atomic E-state index is -0.767. The van der Waals surface area contributed by atoms with Crippen LogP contribution in [0.4, 0.5) is 5.69 Å². The number of aromatic nitrogens is 3. The standard InChI is InChI=1S/C44H54Cl2N8O5/c1-5-27(4)41(44(59)50-30-16-18-35-36(23-30)52-38(51-35)21-28-24-48-34-13-10-9-12-31(28)34)54-39(55)14-8-6-7-11-19-47-43(58)37(20-26(2)3)53-40(56)25-49-42(57)32-22-29(45)15-17-33(32)46/h9-10,12-13,15-18,22-24,26-27,37,41,48H,5-8,11,14,19-21,25H2,1-4H3,(H,47,58)(H,49,57)(H,50,59)(H,51,52)(H,53,56)(H,54,55)/t27-,37-,41-/m0/s1. The van der Waals surface area contributed by atoms with Gasteiger partial charge in [-0.25, -0.2) is 4.98 Å². The van der Waals surface area contributed by atoms with Crippen LogP contribution in [-0.2, 0) is 25.6 Å². The van der Waals surface area contributed by atoms with Gasteiger partial charge in [0, 0.05) is 47.2 Å². The number of carbonyl (C=O) groups is 5. The molecule has 0 spiro atoms. The number of aromatic amines is 2. The van der Waals surface area contributed by atoms with Crippen LogP contribution in [0.25, 0.3) is 21.9 Å². The van der Waals surface area contributed by atoms with Crippen LogP contribution in [0.5, 0.6) is 0 Å².